The number of rotatable bonds is 10. The lowest BCUT2D eigenvalue weighted by Gasteiger charge is -2.32. The summed E-state index contributed by atoms with van der Waals surface area (Å²) in [5.41, 5.74) is 3.69. The van der Waals surface area contributed by atoms with Crippen LogP contribution in [0.4, 0.5) is 5.69 Å². The van der Waals surface area contributed by atoms with Crippen molar-refractivity contribution in [3.05, 3.63) is 93.0 Å². The van der Waals surface area contributed by atoms with Crippen molar-refractivity contribution in [1.82, 2.24) is 10.2 Å². The minimum absolute atomic E-state index is 0.0210. The van der Waals surface area contributed by atoms with E-state index in [0.29, 0.717) is 21.3 Å². The van der Waals surface area contributed by atoms with Crippen LogP contribution in [0.25, 0.3) is 0 Å². The van der Waals surface area contributed by atoms with Crippen molar-refractivity contribution in [2.45, 2.75) is 65.1 Å². The van der Waals surface area contributed by atoms with Crippen LogP contribution < -0.4 is 9.62 Å². The van der Waals surface area contributed by atoms with Crippen molar-refractivity contribution in [3.63, 3.8) is 0 Å². The van der Waals surface area contributed by atoms with Crippen molar-refractivity contribution >= 4 is 50.7 Å². The average molecular weight is 605 g/mol. The Morgan fingerprint density at radius 1 is 0.875 bits per heavy atom. The second-order valence-electron chi connectivity index (χ2n) is 10.2. The van der Waals surface area contributed by atoms with E-state index in [-0.39, 0.29) is 23.4 Å². The summed E-state index contributed by atoms with van der Waals surface area (Å²) in [6.45, 7) is 10.4. The molecule has 0 aromatic heterocycles. The molecule has 214 valence electrons. The van der Waals surface area contributed by atoms with Crippen molar-refractivity contribution in [2.24, 2.45) is 0 Å². The number of anilines is 1. The molecule has 0 bridgehead atoms. The van der Waals surface area contributed by atoms with Crippen LogP contribution in [-0.2, 0) is 26.2 Å². The molecule has 0 aliphatic carbocycles. The van der Waals surface area contributed by atoms with Gasteiger partial charge in [-0.15, -0.1) is 0 Å². The number of carbonyl (C=O) groups excluding carboxylic acids is 2. The van der Waals surface area contributed by atoms with E-state index in [4.69, 9.17) is 23.2 Å². The molecule has 40 heavy (non-hydrogen) atoms. The van der Waals surface area contributed by atoms with Crippen LogP contribution >= 0.6 is 23.2 Å². The first-order chi connectivity index (χ1) is 18.7. The van der Waals surface area contributed by atoms with Gasteiger partial charge in [0.05, 0.1) is 10.6 Å². The van der Waals surface area contributed by atoms with E-state index in [1.807, 2.05) is 40.7 Å². The fourth-order valence-corrected chi connectivity index (χ4v) is 5.94. The summed E-state index contributed by atoms with van der Waals surface area (Å²) in [4.78, 5) is 28.4. The maximum absolute atomic E-state index is 14.0. The lowest BCUT2D eigenvalue weighted by atomic mass is 10.1. The van der Waals surface area contributed by atoms with E-state index in [1.165, 1.54) is 17.0 Å². The number of aryl methyl sites for hydroxylation is 3. The standard InChI is InChI=1S/C30H35Cl2N3O4S/c1-19(2)33-30(37)23(6)34(17-24-10-11-25(31)16-28(24)32)29(36)18-35(26-12-9-21(4)22(5)15-26)40(38,39)27-13-7-20(3)8-14-27/h7-16,19,23H,17-18H2,1-6H3,(H,33,37)/t23-/m0/s1. The van der Waals surface area contributed by atoms with E-state index in [1.54, 1.807) is 49.4 Å². The number of halogens is 2. The molecule has 3 aromatic carbocycles. The Morgan fingerprint density at radius 2 is 1.52 bits per heavy atom. The number of nitrogens with zero attached hydrogens (tertiary/aromatic N) is 2. The summed E-state index contributed by atoms with van der Waals surface area (Å²) < 4.78 is 29.0. The van der Waals surface area contributed by atoms with Gasteiger partial charge >= 0.3 is 0 Å². The first-order valence-corrected chi connectivity index (χ1v) is 15.1. The number of amides is 2. The molecule has 0 unspecified atom stereocenters. The SMILES string of the molecule is Cc1ccc(S(=O)(=O)N(CC(=O)N(Cc2ccc(Cl)cc2Cl)[C@@H](C)C(=O)NC(C)C)c2ccc(C)c(C)c2)cc1. The Hall–Kier alpha value is -3.07. The molecule has 0 spiro atoms. The van der Waals surface area contributed by atoms with Crippen LogP contribution in [0.1, 0.15) is 43.0 Å². The Morgan fingerprint density at radius 3 is 2.10 bits per heavy atom. The van der Waals surface area contributed by atoms with E-state index in [9.17, 15) is 18.0 Å². The minimum Gasteiger partial charge on any atom is -0.352 e. The zero-order valence-corrected chi connectivity index (χ0v) is 25.9. The molecule has 0 saturated heterocycles. The van der Waals surface area contributed by atoms with Gasteiger partial charge in [0.25, 0.3) is 10.0 Å². The second kappa shape index (κ2) is 13.1. The molecule has 0 heterocycles. The quantitative estimate of drug-likeness (QED) is 0.305. The monoisotopic (exact) mass is 603 g/mol. The van der Waals surface area contributed by atoms with Crippen LogP contribution in [0.5, 0.6) is 0 Å². The molecule has 1 atom stereocenters. The van der Waals surface area contributed by atoms with Crippen molar-refractivity contribution < 1.29 is 18.0 Å². The number of hydrogen-bond donors (Lipinski definition) is 1. The van der Waals surface area contributed by atoms with Gasteiger partial charge in [0.2, 0.25) is 11.8 Å². The molecule has 0 saturated carbocycles. The molecule has 2 amide bonds. The topological polar surface area (TPSA) is 86.8 Å². The Bertz CT molecular complexity index is 1490. The highest BCUT2D eigenvalue weighted by Crippen LogP contribution is 2.28. The third kappa shape index (κ3) is 7.56. The lowest BCUT2D eigenvalue weighted by Crippen LogP contribution is -2.52. The summed E-state index contributed by atoms with van der Waals surface area (Å²) in [5, 5.41) is 3.59. The molecule has 0 aliphatic rings. The normalized spacial score (nSPS) is 12.2. The van der Waals surface area contributed by atoms with Gasteiger partial charge in [-0.2, -0.15) is 0 Å². The molecule has 7 nitrogen and oxygen atoms in total. The molecular formula is C30H35Cl2N3O4S. The van der Waals surface area contributed by atoms with Gasteiger partial charge in [0.1, 0.15) is 12.6 Å². The number of hydrogen-bond acceptors (Lipinski definition) is 4. The molecular weight excluding hydrogens is 569 g/mol. The third-order valence-corrected chi connectivity index (χ3v) is 9.00. The smallest absolute Gasteiger partial charge is 0.264 e. The Balaban J connectivity index is 2.08. The predicted molar refractivity (Wildman–Crippen MR) is 161 cm³/mol. The largest absolute Gasteiger partial charge is 0.352 e. The van der Waals surface area contributed by atoms with E-state index < -0.39 is 28.5 Å². The van der Waals surface area contributed by atoms with Gasteiger partial charge in [-0.1, -0.05) is 53.0 Å². The van der Waals surface area contributed by atoms with Crippen molar-refractivity contribution in [3.8, 4) is 0 Å². The molecule has 10 heteroatoms. The number of sulfonamides is 1. The summed E-state index contributed by atoms with van der Waals surface area (Å²) >= 11 is 12.5. The van der Waals surface area contributed by atoms with Gasteiger partial charge in [-0.05, 0) is 94.6 Å². The summed E-state index contributed by atoms with van der Waals surface area (Å²) in [5.74, 6) is -0.932. The first kappa shape index (κ1) is 31.5. The second-order valence-corrected chi connectivity index (χ2v) is 12.9. The van der Waals surface area contributed by atoms with Gasteiger partial charge in [-0.25, -0.2) is 8.42 Å². The summed E-state index contributed by atoms with van der Waals surface area (Å²) in [7, 11) is -4.14. The van der Waals surface area contributed by atoms with Gasteiger partial charge in [-0.3, -0.25) is 13.9 Å². The highest BCUT2D eigenvalue weighted by Gasteiger charge is 2.33. The van der Waals surface area contributed by atoms with Crippen LogP contribution in [-0.4, -0.2) is 43.8 Å². The minimum atomic E-state index is -4.14. The zero-order valence-electron chi connectivity index (χ0n) is 23.5. The van der Waals surface area contributed by atoms with E-state index >= 15 is 0 Å². The lowest BCUT2D eigenvalue weighted by molar-refractivity contribution is -0.139. The summed E-state index contributed by atoms with van der Waals surface area (Å²) in [6.07, 6.45) is 0. The molecule has 0 radical (unpaired) electrons. The Labute approximate surface area is 247 Å². The van der Waals surface area contributed by atoms with E-state index in [2.05, 4.69) is 5.32 Å². The fourth-order valence-electron chi connectivity index (χ4n) is 4.07. The van der Waals surface area contributed by atoms with Gasteiger partial charge < -0.3 is 10.2 Å². The van der Waals surface area contributed by atoms with Crippen LogP contribution in [0, 0.1) is 20.8 Å². The first-order valence-electron chi connectivity index (χ1n) is 12.9. The number of benzene rings is 3. The molecule has 3 rings (SSSR count). The summed E-state index contributed by atoms with van der Waals surface area (Å²) in [6, 6.07) is 15.5. The number of carbonyl (C=O) groups is 2. The molecule has 3 aromatic rings. The molecule has 0 aliphatic heterocycles. The number of nitrogens with one attached hydrogen (secondary N) is 1. The predicted octanol–water partition coefficient (Wildman–Crippen LogP) is 6.06. The average Bonchev–Trinajstić information content (AvgIpc) is 2.87. The zero-order chi connectivity index (χ0) is 29.8. The molecule has 0 fully saturated rings. The van der Waals surface area contributed by atoms with E-state index in [0.717, 1.165) is 21.0 Å². The van der Waals surface area contributed by atoms with Crippen LogP contribution in [0.2, 0.25) is 10.0 Å². The van der Waals surface area contributed by atoms with Crippen LogP contribution in [0.15, 0.2) is 65.6 Å². The van der Waals surface area contributed by atoms with Gasteiger partial charge in [0.15, 0.2) is 0 Å². The molecule has 1 N–H and O–H groups in total. The fraction of sp³-hybridized carbons (Fsp3) is 0.333. The van der Waals surface area contributed by atoms with Crippen molar-refractivity contribution in [2.75, 3.05) is 10.8 Å². The maximum atomic E-state index is 14.0. The Kier molecular flexibility index (Phi) is 10.3. The van der Waals surface area contributed by atoms with Crippen LogP contribution in [0.3, 0.4) is 0 Å². The highest BCUT2D eigenvalue weighted by atomic mass is 35.5. The van der Waals surface area contributed by atoms with Crippen molar-refractivity contribution in [1.29, 1.82) is 0 Å². The maximum Gasteiger partial charge on any atom is 0.264 e. The third-order valence-electron chi connectivity index (χ3n) is 6.62. The van der Waals surface area contributed by atoms with Gasteiger partial charge in [0, 0.05) is 22.6 Å². The highest BCUT2D eigenvalue weighted by molar-refractivity contribution is 7.92.